The van der Waals surface area contributed by atoms with Crippen molar-refractivity contribution >= 4 is 11.9 Å². The molecule has 0 unspecified atom stereocenters. The Morgan fingerprint density at radius 3 is 2.71 bits per heavy atom. The van der Waals surface area contributed by atoms with Gasteiger partial charge in [0.05, 0.1) is 5.69 Å². The lowest BCUT2D eigenvalue weighted by atomic mass is 10.1. The quantitative estimate of drug-likeness (QED) is 0.833. The minimum absolute atomic E-state index is 0.196. The smallest absolute Gasteiger partial charge is 0.322 e. The second-order valence-electron chi connectivity index (χ2n) is 3.38. The summed E-state index contributed by atoms with van der Waals surface area (Å²) in [5, 5.41) is 11.2. The van der Waals surface area contributed by atoms with E-state index in [0.717, 1.165) is 11.3 Å². The van der Waals surface area contributed by atoms with Crippen LogP contribution in [0.5, 0.6) is 0 Å². The fraction of sp³-hybridized carbons (Fsp3) is 0.0833. The monoisotopic (exact) mass is 229 g/mol. The number of benzene rings is 1. The van der Waals surface area contributed by atoms with Crippen LogP contribution < -0.4 is 5.32 Å². The molecule has 0 aliphatic rings. The van der Waals surface area contributed by atoms with Crippen LogP contribution in [0.15, 0.2) is 42.6 Å². The van der Waals surface area contributed by atoms with Gasteiger partial charge in [0.25, 0.3) is 0 Å². The van der Waals surface area contributed by atoms with Crippen LogP contribution >= 0.6 is 0 Å². The number of aromatic nitrogens is 2. The first-order valence-electron chi connectivity index (χ1n) is 5.10. The number of rotatable bonds is 4. The molecule has 2 rings (SSSR count). The van der Waals surface area contributed by atoms with Gasteiger partial charge in [0.2, 0.25) is 5.95 Å². The molecule has 1 heterocycles. The number of carbonyl (C=O) groups is 1. The zero-order valence-corrected chi connectivity index (χ0v) is 9.00. The maximum Gasteiger partial charge on any atom is 0.322 e. The molecule has 0 fully saturated rings. The summed E-state index contributed by atoms with van der Waals surface area (Å²) in [6.07, 6.45) is 1.60. The highest BCUT2D eigenvalue weighted by Crippen LogP contribution is 2.16. The van der Waals surface area contributed by atoms with Gasteiger partial charge in [-0.3, -0.25) is 4.79 Å². The van der Waals surface area contributed by atoms with E-state index in [0.29, 0.717) is 5.95 Å². The SMILES string of the molecule is O=C(O)CNc1nccc(-c2ccccc2)n1. The van der Waals surface area contributed by atoms with Gasteiger partial charge in [-0.2, -0.15) is 0 Å². The highest BCUT2D eigenvalue weighted by atomic mass is 16.4. The van der Waals surface area contributed by atoms with Crippen molar-refractivity contribution in [3.8, 4) is 11.3 Å². The fourth-order valence-corrected chi connectivity index (χ4v) is 1.37. The summed E-state index contributed by atoms with van der Waals surface area (Å²) in [6, 6.07) is 11.4. The van der Waals surface area contributed by atoms with Crippen LogP contribution in [-0.4, -0.2) is 27.6 Å². The lowest BCUT2D eigenvalue weighted by Crippen LogP contribution is -2.14. The molecule has 5 heteroatoms. The highest BCUT2D eigenvalue weighted by molar-refractivity contribution is 5.72. The van der Waals surface area contributed by atoms with Crippen LogP contribution in [0.3, 0.4) is 0 Å². The molecule has 17 heavy (non-hydrogen) atoms. The predicted octanol–water partition coefficient (Wildman–Crippen LogP) is 1.64. The Balaban J connectivity index is 2.20. The van der Waals surface area contributed by atoms with Crippen molar-refractivity contribution in [1.82, 2.24) is 9.97 Å². The van der Waals surface area contributed by atoms with Crippen LogP contribution in [0.2, 0.25) is 0 Å². The number of aliphatic carboxylic acids is 1. The number of nitrogens with zero attached hydrogens (tertiary/aromatic N) is 2. The van der Waals surface area contributed by atoms with Crippen LogP contribution in [-0.2, 0) is 4.79 Å². The molecule has 0 radical (unpaired) electrons. The van der Waals surface area contributed by atoms with Crippen molar-refractivity contribution < 1.29 is 9.90 Å². The van der Waals surface area contributed by atoms with Crippen molar-refractivity contribution in [3.63, 3.8) is 0 Å². The summed E-state index contributed by atoms with van der Waals surface area (Å²) in [7, 11) is 0. The Kier molecular flexibility index (Phi) is 3.30. The lowest BCUT2D eigenvalue weighted by Gasteiger charge is -2.04. The van der Waals surface area contributed by atoms with Crippen LogP contribution in [0.1, 0.15) is 0 Å². The summed E-state index contributed by atoms with van der Waals surface area (Å²) in [4.78, 5) is 18.6. The minimum atomic E-state index is -0.946. The minimum Gasteiger partial charge on any atom is -0.480 e. The summed E-state index contributed by atoms with van der Waals surface area (Å²) in [5.74, 6) is -0.632. The number of carboxylic acids is 1. The molecule has 1 aromatic heterocycles. The van der Waals surface area contributed by atoms with Gasteiger partial charge in [0.15, 0.2) is 0 Å². The number of nitrogens with one attached hydrogen (secondary N) is 1. The van der Waals surface area contributed by atoms with Crippen LogP contribution in [0.25, 0.3) is 11.3 Å². The number of hydrogen-bond acceptors (Lipinski definition) is 4. The number of hydrogen-bond donors (Lipinski definition) is 2. The van der Waals surface area contributed by atoms with Gasteiger partial charge in [0.1, 0.15) is 6.54 Å². The second kappa shape index (κ2) is 5.07. The molecule has 0 aliphatic carbocycles. The van der Waals surface area contributed by atoms with E-state index in [1.807, 2.05) is 30.3 Å². The van der Waals surface area contributed by atoms with Crippen LogP contribution in [0, 0.1) is 0 Å². The summed E-state index contributed by atoms with van der Waals surface area (Å²) in [5.41, 5.74) is 1.72. The molecule has 5 nitrogen and oxygen atoms in total. The molecular weight excluding hydrogens is 218 g/mol. The van der Waals surface area contributed by atoms with E-state index >= 15 is 0 Å². The summed E-state index contributed by atoms with van der Waals surface area (Å²) >= 11 is 0. The van der Waals surface area contributed by atoms with Crippen molar-refractivity contribution in [2.75, 3.05) is 11.9 Å². The van der Waals surface area contributed by atoms with Crippen molar-refractivity contribution in [3.05, 3.63) is 42.6 Å². The van der Waals surface area contributed by atoms with Gasteiger partial charge in [-0.05, 0) is 6.07 Å². The molecule has 0 atom stereocenters. The maximum absolute atomic E-state index is 10.4. The Morgan fingerprint density at radius 1 is 1.24 bits per heavy atom. The Bertz CT molecular complexity index is 514. The molecule has 2 N–H and O–H groups in total. The van der Waals surface area contributed by atoms with E-state index in [-0.39, 0.29) is 6.54 Å². The third-order valence-electron chi connectivity index (χ3n) is 2.12. The number of carboxylic acid groups (broad SMARTS) is 1. The molecule has 0 saturated heterocycles. The van der Waals surface area contributed by atoms with Crippen molar-refractivity contribution in [1.29, 1.82) is 0 Å². The predicted molar refractivity (Wildman–Crippen MR) is 63.6 cm³/mol. The van der Waals surface area contributed by atoms with E-state index < -0.39 is 5.97 Å². The molecule has 0 amide bonds. The first kappa shape index (κ1) is 11.1. The molecule has 0 bridgehead atoms. The van der Waals surface area contributed by atoms with E-state index in [9.17, 15) is 4.79 Å². The van der Waals surface area contributed by atoms with Crippen molar-refractivity contribution in [2.45, 2.75) is 0 Å². The first-order chi connectivity index (χ1) is 8.25. The summed E-state index contributed by atoms with van der Waals surface area (Å²) < 4.78 is 0. The average Bonchev–Trinajstić information content (AvgIpc) is 2.38. The molecular formula is C12H11N3O2. The van der Waals surface area contributed by atoms with Gasteiger partial charge in [0, 0.05) is 11.8 Å². The zero-order chi connectivity index (χ0) is 12.1. The Morgan fingerprint density at radius 2 is 2.00 bits per heavy atom. The van der Waals surface area contributed by atoms with E-state index in [1.54, 1.807) is 12.3 Å². The first-order valence-corrected chi connectivity index (χ1v) is 5.10. The molecule has 0 saturated carbocycles. The van der Waals surface area contributed by atoms with Gasteiger partial charge >= 0.3 is 5.97 Å². The van der Waals surface area contributed by atoms with Gasteiger partial charge < -0.3 is 10.4 Å². The highest BCUT2D eigenvalue weighted by Gasteiger charge is 2.02. The molecule has 86 valence electrons. The molecule has 0 spiro atoms. The van der Waals surface area contributed by atoms with Gasteiger partial charge in [-0.25, -0.2) is 9.97 Å². The lowest BCUT2D eigenvalue weighted by molar-refractivity contribution is -0.134. The third kappa shape index (κ3) is 3.01. The molecule has 1 aromatic carbocycles. The second-order valence-corrected chi connectivity index (χ2v) is 3.38. The van der Waals surface area contributed by atoms with E-state index in [2.05, 4.69) is 15.3 Å². The largest absolute Gasteiger partial charge is 0.480 e. The Hall–Kier alpha value is -2.43. The molecule has 0 aliphatic heterocycles. The fourth-order valence-electron chi connectivity index (χ4n) is 1.37. The standard InChI is InChI=1S/C12H11N3O2/c16-11(17)8-14-12-13-7-6-10(15-12)9-4-2-1-3-5-9/h1-7H,8H2,(H,16,17)(H,13,14,15). The van der Waals surface area contributed by atoms with Gasteiger partial charge in [-0.15, -0.1) is 0 Å². The number of anilines is 1. The maximum atomic E-state index is 10.4. The normalized spacial score (nSPS) is 9.88. The van der Waals surface area contributed by atoms with E-state index in [4.69, 9.17) is 5.11 Å². The zero-order valence-electron chi connectivity index (χ0n) is 9.00. The van der Waals surface area contributed by atoms with Gasteiger partial charge in [-0.1, -0.05) is 30.3 Å². The topological polar surface area (TPSA) is 75.1 Å². The van der Waals surface area contributed by atoms with Crippen molar-refractivity contribution in [2.24, 2.45) is 0 Å². The summed E-state index contributed by atoms with van der Waals surface area (Å²) in [6.45, 7) is -0.196. The third-order valence-corrected chi connectivity index (χ3v) is 2.12. The Labute approximate surface area is 98.2 Å². The van der Waals surface area contributed by atoms with Crippen LogP contribution in [0.4, 0.5) is 5.95 Å². The molecule has 2 aromatic rings. The average molecular weight is 229 g/mol. The van der Waals surface area contributed by atoms with E-state index in [1.165, 1.54) is 0 Å².